The number of carbonyl (C=O) groups is 1. The average Bonchev–Trinajstić information content (AvgIpc) is 2.30. The van der Waals surface area contributed by atoms with Crippen LogP contribution < -0.4 is 4.74 Å². The molecule has 0 N–H and O–H groups in total. The van der Waals surface area contributed by atoms with Gasteiger partial charge in [0.2, 0.25) is 0 Å². The van der Waals surface area contributed by atoms with Crippen LogP contribution in [0.25, 0.3) is 0 Å². The summed E-state index contributed by atoms with van der Waals surface area (Å²) in [7, 11) is 1.64. The van der Waals surface area contributed by atoms with Crippen molar-refractivity contribution >= 4 is 5.78 Å². The van der Waals surface area contributed by atoms with E-state index in [0.29, 0.717) is 6.42 Å². The largest absolute Gasteiger partial charge is 0.496 e. The second kappa shape index (κ2) is 5.54. The number of methoxy groups -OCH3 is 1. The minimum absolute atomic E-state index is 0.0221. The maximum Gasteiger partial charge on any atom is 0.140 e. The molecular formula is C13H18O2. The molecule has 0 aliphatic heterocycles. The molecular weight excluding hydrogens is 188 g/mol. The number of rotatable bonds is 5. The van der Waals surface area contributed by atoms with E-state index in [1.54, 1.807) is 7.11 Å². The fraction of sp³-hybridized carbons (Fsp3) is 0.462. The fourth-order valence-corrected chi connectivity index (χ4v) is 1.82. The zero-order valence-corrected chi connectivity index (χ0v) is 9.62. The molecule has 0 spiro atoms. The molecule has 2 heteroatoms. The van der Waals surface area contributed by atoms with Gasteiger partial charge in [-0.3, -0.25) is 4.79 Å². The summed E-state index contributed by atoms with van der Waals surface area (Å²) in [6.45, 7) is 3.94. The molecule has 15 heavy (non-hydrogen) atoms. The Balaban J connectivity index is 3.05. The van der Waals surface area contributed by atoms with Crippen molar-refractivity contribution < 1.29 is 9.53 Å². The van der Waals surface area contributed by atoms with Gasteiger partial charge in [0.15, 0.2) is 0 Å². The first-order valence-corrected chi connectivity index (χ1v) is 5.40. The lowest BCUT2D eigenvalue weighted by atomic mass is 9.90. The Kier molecular flexibility index (Phi) is 4.35. The van der Waals surface area contributed by atoms with E-state index in [2.05, 4.69) is 0 Å². The van der Waals surface area contributed by atoms with Gasteiger partial charge in [-0.1, -0.05) is 32.0 Å². The van der Waals surface area contributed by atoms with Crippen LogP contribution in [0.2, 0.25) is 0 Å². The molecule has 0 amide bonds. The van der Waals surface area contributed by atoms with Crippen molar-refractivity contribution in [2.24, 2.45) is 0 Å². The summed E-state index contributed by atoms with van der Waals surface area (Å²) < 4.78 is 5.27. The second-order valence-electron chi connectivity index (χ2n) is 3.52. The number of ketones is 1. The molecule has 0 saturated carbocycles. The maximum absolute atomic E-state index is 11.8. The number of hydrogen-bond acceptors (Lipinski definition) is 2. The van der Waals surface area contributed by atoms with Gasteiger partial charge >= 0.3 is 0 Å². The first-order valence-electron chi connectivity index (χ1n) is 5.40. The predicted octanol–water partition coefficient (Wildman–Crippen LogP) is 3.17. The molecule has 0 aliphatic carbocycles. The Hall–Kier alpha value is -1.31. The van der Waals surface area contributed by atoms with Crippen LogP contribution in [0, 0.1) is 0 Å². The lowest BCUT2D eigenvalue weighted by Crippen LogP contribution is -2.11. The van der Waals surface area contributed by atoms with Gasteiger partial charge in [0.1, 0.15) is 11.5 Å². The molecule has 1 aromatic carbocycles. The molecule has 1 aromatic rings. The van der Waals surface area contributed by atoms with Crippen LogP contribution in [-0.2, 0) is 4.79 Å². The topological polar surface area (TPSA) is 26.3 Å². The van der Waals surface area contributed by atoms with Gasteiger partial charge in [0.25, 0.3) is 0 Å². The second-order valence-corrected chi connectivity index (χ2v) is 3.52. The van der Waals surface area contributed by atoms with Crippen LogP contribution in [0.5, 0.6) is 5.75 Å². The molecule has 1 atom stereocenters. The Labute approximate surface area is 91.3 Å². The van der Waals surface area contributed by atoms with Gasteiger partial charge in [-0.05, 0) is 12.5 Å². The smallest absolute Gasteiger partial charge is 0.140 e. The van der Waals surface area contributed by atoms with Gasteiger partial charge in [-0.15, -0.1) is 0 Å². The molecule has 2 nitrogen and oxygen atoms in total. The normalized spacial score (nSPS) is 12.2. The van der Waals surface area contributed by atoms with E-state index in [9.17, 15) is 4.79 Å². The van der Waals surface area contributed by atoms with Gasteiger partial charge < -0.3 is 4.74 Å². The molecule has 1 rings (SSSR count). The number of carbonyl (C=O) groups excluding carboxylic acids is 1. The molecule has 0 bridgehead atoms. The Morgan fingerprint density at radius 1 is 1.33 bits per heavy atom. The molecule has 0 heterocycles. The highest BCUT2D eigenvalue weighted by Crippen LogP contribution is 2.29. The van der Waals surface area contributed by atoms with Crippen molar-refractivity contribution in [3.8, 4) is 5.75 Å². The van der Waals surface area contributed by atoms with Gasteiger partial charge in [0, 0.05) is 17.9 Å². The SMILES string of the molecule is CCC(=O)[C@@H](CC)c1ccccc1OC. The third-order valence-corrected chi connectivity index (χ3v) is 2.66. The summed E-state index contributed by atoms with van der Waals surface area (Å²) in [6.07, 6.45) is 1.41. The zero-order chi connectivity index (χ0) is 11.3. The molecule has 0 radical (unpaired) electrons. The minimum atomic E-state index is -0.0221. The summed E-state index contributed by atoms with van der Waals surface area (Å²) in [4.78, 5) is 11.8. The summed E-state index contributed by atoms with van der Waals surface area (Å²) in [5.41, 5.74) is 1.01. The summed E-state index contributed by atoms with van der Waals surface area (Å²) in [6, 6.07) is 7.75. The third-order valence-electron chi connectivity index (χ3n) is 2.66. The Morgan fingerprint density at radius 2 is 2.00 bits per heavy atom. The maximum atomic E-state index is 11.8. The van der Waals surface area contributed by atoms with E-state index in [-0.39, 0.29) is 11.7 Å². The fourth-order valence-electron chi connectivity index (χ4n) is 1.82. The number of hydrogen-bond donors (Lipinski definition) is 0. The van der Waals surface area contributed by atoms with Crippen molar-refractivity contribution in [1.82, 2.24) is 0 Å². The molecule has 0 aromatic heterocycles. The highest BCUT2D eigenvalue weighted by molar-refractivity contribution is 5.86. The van der Waals surface area contributed by atoms with Crippen LogP contribution in [0.15, 0.2) is 24.3 Å². The highest BCUT2D eigenvalue weighted by Gasteiger charge is 2.19. The van der Waals surface area contributed by atoms with Crippen LogP contribution in [-0.4, -0.2) is 12.9 Å². The van der Waals surface area contributed by atoms with Crippen LogP contribution in [0.1, 0.15) is 38.2 Å². The number of benzene rings is 1. The predicted molar refractivity (Wildman–Crippen MR) is 61.3 cm³/mol. The van der Waals surface area contributed by atoms with E-state index in [4.69, 9.17) is 4.74 Å². The van der Waals surface area contributed by atoms with E-state index in [1.807, 2.05) is 38.1 Å². The quantitative estimate of drug-likeness (QED) is 0.739. The highest BCUT2D eigenvalue weighted by atomic mass is 16.5. The number of Topliss-reactive ketones (excluding diaryl/α,β-unsaturated/α-hetero) is 1. The van der Waals surface area contributed by atoms with Crippen LogP contribution in [0.4, 0.5) is 0 Å². The average molecular weight is 206 g/mol. The lowest BCUT2D eigenvalue weighted by Gasteiger charge is -2.16. The monoisotopic (exact) mass is 206 g/mol. The van der Waals surface area contributed by atoms with E-state index in [0.717, 1.165) is 17.7 Å². The molecule has 0 aliphatic rings. The number of para-hydroxylation sites is 1. The molecule has 82 valence electrons. The first kappa shape index (κ1) is 11.8. The van der Waals surface area contributed by atoms with Gasteiger partial charge in [0.05, 0.1) is 7.11 Å². The van der Waals surface area contributed by atoms with E-state index < -0.39 is 0 Å². The van der Waals surface area contributed by atoms with Crippen molar-refractivity contribution in [2.75, 3.05) is 7.11 Å². The summed E-state index contributed by atoms with van der Waals surface area (Å²) >= 11 is 0. The molecule has 0 fully saturated rings. The molecule has 0 saturated heterocycles. The van der Waals surface area contributed by atoms with Gasteiger partial charge in [-0.2, -0.15) is 0 Å². The summed E-state index contributed by atoms with van der Waals surface area (Å²) in [5.74, 6) is 1.07. The zero-order valence-electron chi connectivity index (χ0n) is 9.62. The number of ether oxygens (including phenoxy) is 1. The van der Waals surface area contributed by atoms with Crippen molar-refractivity contribution in [1.29, 1.82) is 0 Å². The van der Waals surface area contributed by atoms with Crippen molar-refractivity contribution in [2.45, 2.75) is 32.6 Å². The van der Waals surface area contributed by atoms with Crippen molar-refractivity contribution in [3.63, 3.8) is 0 Å². The van der Waals surface area contributed by atoms with E-state index in [1.165, 1.54) is 0 Å². The third kappa shape index (κ3) is 2.58. The summed E-state index contributed by atoms with van der Waals surface area (Å²) in [5, 5.41) is 0. The van der Waals surface area contributed by atoms with Gasteiger partial charge in [-0.25, -0.2) is 0 Å². The Bertz CT molecular complexity index is 331. The van der Waals surface area contributed by atoms with E-state index >= 15 is 0 Å². The standard InChI is InChI=1S/C13H18O2/c1-4-10(12(14)5-2)11-8-6-7-9-13(11)15-3/h6-10H,4-5H2,1-3H3/t10-/m0/s1. The Morgan fingerprint density at radius 3 is 2.53 bits per heavy atom. The lowest BCUT2D eigenvalue weighted by molar-refractivity contribution is -0.120. The van der Waals surface area contributed by atoms with Crippen molar-refractivity contribution in [3.05, 3.63) is 29.8 Å². The van der Waals surface area contributed by atoms with Crippen LogP contribution >= 0.6 is 0 Å². The molecule has 0 unspecified atom stereocenters. The minimum Gasteiger partial charge on any atom is -0.496 e. The first-order chi connectivity index (χ1) is 7.24. The van der Waals surface area contributed by atoms with Crippen LogP contribution in [0.3, 0.4) is 0 Å².